The van der Waals surface area contributed by atoms with Gasteiger partial charge >= 0.3 is 0 Å². The normalized spacial score (nSPS) is 16.8. The summed E-state index contributed by atoms with van der Waals surface area (Å²) in [5.41, 5.74) is 0.985. The van der Waals surface area contributed by atoms with Crippen molar-refractivity contribution >= 4 is 17.5 Å². The van der Waals surface area contributed by atoms with Crippen molar-refractivity contribution in [1.29, 1.82) is 0 Å². The molecule has 1 aliphatic heterocycles. The second-order valence-electron chi connectivity index (χ2n) is 4.26. The standard InChI is InChI=1S/C13H16ClNO2/c14-11-3-1-10(2-4-11)9-13(16)15-12-5-7-17-8-6-12/h1-4,12H,5-9H2,(H,15,16). The number of ether oxygens (including phenoxy) is 1. The third kappa shape index (κ3) is 4.02. The summed E-state index contributed by atoms with van der Waals surface area (Å²) in [6.45, 7) is 1.48. The minimum Gasteiger partial charge on any atom is -0.381 e. The summed E-state index contributed by atoms with van der Waals surface area (Å²) in [6.07, 6.45) is 2.23. The number of benzene rings is 1. The first kappa shape index (κ1) is 12.4. The Morgan fingerprint density at radius 3 is 2.59 bits per heavy atom. The molecule has 1 fully saturated rings. The highest BCUT2D eigenvalue weighted by Crippen LogP contribution is 2.11. The fraction of sp³-hybridized carbons (Fsp3) is 0.462. The van der Waals surface area contributed by atoms with Crippen LogP contribution in [0.2, 0.25) is 5.02 Å². The van der Waals surface area contributed by atoms with Crippen LogP contribution in [0.1, 0.15) is 18.4 Å². The molecule has 92 valence electrons. The summed E-state index contributed by atoms with van der Waals surface area (Å²) >= 11 is 5.79. The van der Waals surface area contributed by atoms with Gasteiger partial charge in [-0.2, -0.15) is 0 Å². The predicted octanol–water partition coefficient (Wildman–Crippen LogP) is 2.18. The van der Waals surface area contributed by atoms with E-state index in [9.17, 15) is 4.79 Å². The molecule has 1 aromatic rings. The number of hydrogen-bond donors (Lipinski definition) is 1. The molecule has 1 N–H and O–H groups in total. The van der Waals surface area contributed by atoms with E-state index in [1.165, 1.54) is 0 Å². The molecule has 1 amide bonds. The molecule has 2 rings (SSSR count). The Balaban J connectivity index is 1.82. The first-order valence-corrected chi connectivity index (χ1v) is 6.23. The van der Waals surface area contributed by atoms with Crippen LogP contribution in [0, 0.1) is 0 Å². The third-order valence-electron chi connectivity index (χ3n) is 2.86. The Morgan fingerprint density at radius 1 is 1.29 bits per heavy atom. The van der Waals surface area contributed by atoms with Gasteiger partial charge in [0, 0.05) is 24.3 Å². The van der Waals surface area contributed by atoms with E-state index in [-0.39, 0.29) is 11.9 Å². The van der Waals surface area contributed by atoms with E-state index in [0.29, 0.717) is 11.4 Å². The second kappa shape index (κ2) is 6.03. The molecule has 3 nitrogen and oxygen atoms in total. The van der Waals surface area contributed by atoms with Crippen LogP contribution >= 0.6 is 11.6 Å². The van der Waals surface area contributed by atoms with E-state index < -0.39 is 0 Å². The van der Waals surface area contributed by atoms with Crippen molar-refractivity contribution in [2.75, 3.05) is 13.2 Å². The van der Waals surface area contributed by atoms with E-state index in [1.54, 1.807) is 12.1 Å². The molecule has 0 atom stereocenters. The largest absolute Gasteiger partial charge is 0.381 e. The fourth-order valence-electron chi connectivity index (χ4n) is 1.91. The van der Waals surface area contributed by atoms with Gasteiger partial charge in [-0.1, -0.05) is 23.7 Å². The number of amides is 1. The van der Waals surface area contributed by atoms with Gasteiger partial charge in [-0.25, -0.2) is 0 Å². The Bertz CT molecular complexity index is 372. The van der Waals surface area contributed by atoms with Gasteiger partial charge in [-0.05, 0) is 30.5 Å². The first-order valence-electron chi connectivity index (χ1n) is 5.85. The van der Waals surface area contributed by atoms with Crippen molar-refractivity contribution < 1.29 is 9.53 Å². The van der Waals surface area contributed by atoms with Gasteiger partial charge < -0.3 is 10.1 Å². The molecule has 17 heavy (non-hydrogen) atoms. The molecule has 1 aliphatic rings. The Labute approximate surface area is 106 Å². The smallest absolute Gasteiger partial charge is 0.224 e. The zero-order chi connectivity index (χ0) is 12.1. The van der Waals surface area contributed by atoms with Crippen LogP contribution in [-0.2, 0) is 16.0 Å². The molecular weight excluding hydrogens is 238 g/mol. The SMILES string of the molecule is O=C(Cc1ccc(Cl)cc1)NC1CCOCC1. The molecule has 0 aliphatic carbocycles. The zero-order valence-corrected chi connectivity index (χ0v) is 10.4. The molecule has 0 aromatic heterocycles. The molecule has 1 heterocycles. The fourth-order valence-corrected chi connectivity index (χ4v) is 2.03. The molecule has 1 saturated heterocycles. The topological polar surface area (TPSA) is 38.3 Å². The third-order valence-corrected chi connectivity index (χ3v) is 3.12. The van der Waals surface area contributed by atoms with Gasteiger partial charge in [0.1, 0.15) is 0 Å². The van der Waals surface area contributed by atoms with E-state index in [1.807, 2.05) is 12.1 Å². The highest BCUT2D eigenvalue weighted by atomic mass is 35.5. The Kier molecular flexibility index (Phi) is 4.40. The van der Waals surface area contributed by atoms with E-state index in [2.05, 4.69) is 5.32 Å². The number of carbonyl (C=O) groups excluding carboxylic acids is 1. The van der Waals surface area contributed by atoms with Crippen LogP contribution in [0.15, 0.2) is 24.3 Å². The van der Waals surface area contributed by atoms with E-state index in [4.69, 9.17) is 16.3 Å². The van der Waals surface area contributed by atoms with Crippen LogP contribution in [0.3, 0.4) is 0 Å². The Hall–Kier alpha value is -1.06. The number of hydrogen-bond acceptors (Lipinski definition) is 2. The highest BCUT2D eigenvalue weighted by molar-refractivity contribution is 6.30. The number of nitrogens with one attached hydrogen (secondary N) is 1. The van der Waals surface area contributed by atoms with Crippen LogP contribution < -0.4 is 5.32 Å². The maximum Gasteiger partial charge on any atom is 0.224 e. The lowest BCUT2D eigenvalue weighted by Gasteiger charge is -2.23. The molecule has 0 bridgehead atoms. The van der Waals surface area contributed by atoms with Crippen molar-refractivity contribution in [3.63, 3.8) is 0 Å². The van der Waals surface area contributed by atoms with Gasteiger partial charge in [-0.15, -0.1) is 0 Å². The van der Waals surface area contributed by atoms with E-state index >= 15 is 0 Å². The molecule has 4 heteroatoms. The number of rotatable bonds is 3. The summed E-state index contributed by atoms with van der Waals surface area (Å²) in [7, 11) is 0. The lowest BCUT2D eigenvalue weighted by atomic mass is 10.1. The molecule has 0 radical (unpaired) electrons. The Morgan fingerprint density at radius 2 is 1.94 bits per heavy atom. The predicted molar refractivity (Wildman–Crippen MR) is 67.1 cm³/mol. The van der Waals surface area contributed by atoms with Gasteiger partial charge in [0.15, 0.2) is 0 Å². The monoisotopic (exact) mass is 253 g/mol. The first-order chi connectivity index (χ1) is 8.24. The van der Waals surface area contributed by atoms with Crippen molar-refractivity contribution in [2.24, 2.45) is 0 Å². The summed E-state index contributed by atoms with van der Waals surface area (Å²) in [5.74, 6) is 0.0687. The molecule has 0 saturated carbocycles. The van der Waals surface area contributed by atoms with Gasteiger partial charge in [0.2, 0.25) is 5.91 Å². The van der Waals surface area contributed by atoms with Crippen LogP contribution in [-0.4, -0.2) is 25.2 Å². The number of halogens is 1. The van der Waals surface area contributed by atoms with Crippen LogP contribution in [0.4, 0.5) is 0 Å². The van der Waals surface area contributed by atoms with Crippen LogP contribution in [0.25, 0.3) is 0 Å². The quantitative estimate of drug-likeness (QED) is 0.897. The van der Waals surface area contributed by atoms with E-state index in [0.717, 1.165) is 31.6 Å². The van der Waals surface area contributed by atoms with Gasteiger partial charge in [-0.3, -0.25) is 4.79 Å². The lowest BCUT2D eigenvalue weighted by Crippen LogP contribution is -2.39. The maximum absolute atomic E-state index is 11.8. The van der Waals surface area contributed by atoms with Crippen molar-refractivity contribution in [3.8, 4) is 0 Å². The van der Waals surface area contributed by atoms with Crippen molar-refractivity contribution in [2.45, 2.75) is 25.3 Å². The average Bonchev–Trinajstić information content (AvgIpc) is 2.33. The van der Waals surface area contributed by atoms with Gasteiger partial charge in [0.05, 0.1) is 6.42 Å². The molecule has 0 spiro atoms. The lowest BCUT2D eigenvalue weighted by molar-refractivity contribution is -0.121. The number of carbonyl (C=O) groups is 1. The summed E-state index contributed by atoms with van der Waals surface area (Å²) in [5, 5.41) is 3.72. The molecule has 1 aromatic carbocycles. The minimum absolute atomic E-state index is 0.0687. The van der Waals surface area contributed by atoms with Crippen molar-refractivity contribution in [1.82, 2.24) is 5.32 Å². The highest BCUT2D eigenvalue weighted by Gasteiger charge is 2.15. The molecular formula is C13H16ClNO2. The maximum atomic E-state index is 11.8. The van der Waals surface area contributed by atoms with Crippen molar-refractivity contribution in [3.05, 3.63) is 34.9 Å². The van der Waals surface area contributed by atoms with Crippen LogP contribution in [0.5, 0.6) is 0 Å². The summed E-state index contributed by atoms with van der Waals surface area (Å²) < 4.78 is 5.25. The average molecular weight is 254 g/mol. The summed E-state index contributed by atoms with van der Waals surface area (Å²) in [4.78, 5) is 11.8. The second-order valence-corrected chi connectivity index (χ2v) is 4.69. The molecule has 0 unspecified atom stereocenters. The minimum atomic E-state index is 0.0687. The zero-order valence-electron chi connectivity index (χ0n) is 9.62. The van der Waals surface area contributed by atoms with Gasteiger partial charge in [0.25, 0.3) is 0 Å². The summed E-state index contributed by atoms with van der Waals surface area (Å²) in [6, 6.07) is 7.64.